The molecule has 2 heteroatoms. The summed E-state index contributed by atoms with van der Waals surface area (Å²) in [6.07, 6.45) is 0. The molecule has 0 aromatic heterocycles. The monoisotopic (exact) mass is 194 g/mol. The van der Waals surface area contributed by atoms with E-state index < -0.39 is 0 Å². The van der Waals surface area contributed by atoms with Gasteiger partial charge in [0.05, 0.1) is 18.8 Å². The third-order valence-corrected chi connectivity index (χ3v) is 1.95. The molecule has 0 heterocycles. The number of ether oxygens (including phenoxy) is 1. The summed E-state index contributed by atoms with van der Waals surface area (Å²) < 4.78 is 5.65. The molecule has 0 aliphatic rings. The Bertz CT molecular complexity index is 287. The molecule has 0 unspecified atom stereocenters. The lowest BCUT2D eigenvalue weighted by molar-refractivity contribution is -0.0155. The Kier molecular flexibility index (Phi) is 3.67. The van der Waals surface area contributed by atoms with Crippen molar-refractivity contribution in [1.82, 2.24) is 0 Å². The van der Waals surface area contributed by atoms with E-state index in [0.29, 0.717) is 6.61 Å². The molecule has 14 heavy (non-hydrogen) atoms. The van der Waals surface area contributed by atoms with Crippen LogP contribution in [0.25, 0.3) is 0 Å². The predicted molar refractivity (Wildman–Crippen MR) is 56.9 cm³/mol. The molecule has 0 bridgehead atoms. The molecule has 0 saturated carbocycles. The van der Waals surface area contributed by atoms with Crippen molar-refractivity contribution < 1.29 is 9.84 Å². The van der Waals surface area contributed by atoms with E-state index in [9.17, 15) is 0 Å². The molecule has 1 aromatic rings. The van der Waals surface area contributed by atoms with Gasteiger partial charge in [0.15, 0.2) is 0 Å². The Morgan fingerprint density at radius 2 is 1.71 bits per heavy atom. The second kappa shape index (κ2) is 4.58. The van der Waals surface area contributed by atoms with Crippen molar-refractivity contribution in [3.05, 3.63) is 35.4 Å². The average molecular weight is 194 g/mol. The number of benzene rings is 1. The first-order valence-electron chi connectivity index (χ1n) is 4.84. The van der Waals surface area contributed by atoms with Crippen LogP contribution < -0.4 is 0 Å². The second-order valence-corrected chi connectivity index (χ2v) is 4.33. The average Bonchev–Trinajstić information content (AvgIpc) is 2.14. The van der Waals surface area contributed by atoms with Gasteiger partial charge in [-0.05, 0) is 31.9 Å². The van der Waals surface area contributed by atoms with Crippen molar-refractivity contribution >= 4 is 0 Å². The topological polar surface area (TPSA) is 29.5 Å². The fraction of sp³-hybridized carbons (Fsp3) is 0.500. The van der Waals surface area contributed by atoms with Gasteiger partial charge in [0.25, 0.3) is 0 Å². The summed E-state index contributed by atoms with van der Waals surface area (Å²) in [5.74, 6) is 0. The summed E-state index contributed by atoms with van der Waals surface area (Å²) >= 11 is 0. The lowest BCUT2D eigenvalue weighted by atomic mass is 10.1. The number of hydrogen-bond donors (Lipinski definition) is 1. The molecule has 1 aromatic carbocycles. The molecule has 78 valence electrons. The van der Waals surface area contributed by atoms with E-state index in [1.165, 1.54) is 0 Å². The highest BCUT2D eigenvalue weighted by molar-refractivity contribution is 5.25. The van der Waals surface area contributed by atoms with Gasteiger partial charge in [0.1, 0.15) is 0 Å². The van der Waals surface area contributed by atoms with Crippen LogP contribution in [0.4, 0.5) is 0 Å². The fourth-order valence-electron chi connectivity index (χ4n) is 1.15. The maximum absolute atomic E-state index is 9.09. The van der Waals surface area contributed by atoms with Crippen LogP contribution in [0.3, 0.4) is 0 Å². The minimum Gasteiger partial charge on any atom is -0.392 e. The van der Waals surface area contributed by atoms with E-state index >= 15 is 0 Å². The minimum atomic E-state index is -0.136. The van der Waals surface area contributed by atoms with Gasteiger partial charge >= 0.3 is 0 Å². The minimum absolute atomic E-state index is 0.0731. The molecule has 0 aliphatic carbocycles. The standard InChI is InChI=1S/C12H18O2/c1-12(2,3)14-9-11-7-5-4-6-10(11)8-13/h4-7,13H,8-9H2,1-3H3. The third kappa shape index (κ3) is 3.48. The summed E-state index contributed by atoms with van der Waals surface area (Å²) in [5.41, 5.74) is 1.87. The molecular weight excluding hydrogens is 176 g/mol. The van der Waals surface area contributed by atoms with Crippen molar-refractivity contribution in [2.45, 2.75) is 39.6 Å². The van der Waals surface area contributed by atoms with Gasteiger partial charge in [-0.3, -0.25) is 0 Å². The highest BCUT2D eigenvalue weighted by atomic mass is 16.5. The summed E-state index contributed by atoms with van der Waals surface area (Å²) in [4.78, 5) is 0. The Morgan fingerprint density at radius 1 is 1.14 bits per heavy atom. The normalized spacial score (nSPS) is 11.7. The number of hydrogen-bond acceptors (Lipinski definition) is 2. The van der Waals surface area contributed by atoms with Crippen molar-refractivity contribution in [1.29, 1.82) is 0 Å². The third-order valence-electron chi connectivity index (χ3n) is 1.95. The van der Waals surface area contributed by atoms with Crippen LogP contribution in [0.2, 0.25) is 0 Å². The molecule has 0 radical (unpaired) electrons. The van der Waals surface area contributed by atoms with E-state index in [4.69, 9.17) is 9.84 Å². The lowest BCUT2D eigenvalue weighted by Crippen LogP contribution is -2.19. The zero-order chi connectivity index (χ0) is 10.6. The Morgan fingerprint density at radius 3 is 2.21 bits per heavy atom. The van der Waals surface area contributed by atoms with Crippen LogP contribution in [0.15, 0.2) is 24.3 Å². The maximum Gasteiger partial charge on any atom is 0.0727 e. The summed E-state index contributed by atoms with van der Waals surface area (Å²) in [6, 6.07) is 7.78. The molecule has 0 aliphatic heterocycles. The van der Waals surface area contributed by atoms with E-state index in [1.54, 1.807) is 0 Å². The molecule has 1 N–H and O–H groups in total. The van der Waals surface area contributed by atoms with Gasteiger partial charge in [-0.2, -0.15) is 0 Å². The smallest absolute Gasteiger partial charge is 0.0727 e. The fourth-order valence-corrected chi connectivity index (χ4v) is 1.15. The predicted octanol–water partition coefficient (Wildman–Crippen LogP) is 2.49. The van der Waals surface area contributed by atoms with E-state index in [2.05, 4.69) is 0 Å². The summed E-state index contributed by atoms with van der Waals surface area (Å²) in [6.45, 7) is 6.70. The number of aliphatic hydroxyl groups is 1. The highest BCUT2D eigenvalue weighted by Gasteiger charge is 2.11. The molecule has 1 rings (SSSR count). The molecule has 2 nitrogen and oxygen atoms in total. The van der Waals surface area contributed by atoms with Gasteiger partial charge < -0.3 is 9.84 Å². The van der Waals surface area contributed by atoms with Gasteiger partial charge in [-0.1, -0.05) is 24.3 Å². The molecule has 0 atom stereocenters. The van der Waals surface area contributed by atoms with E-state index in [0.717, 1.165) is 11.1 Å². The zero-order valence-corrected chi connectivity index (χ0v) is 9.08. The quantitative estimate of drug-likeness (QED) is 0.801. The van der Waals surface area contributed by atoms with Crippen LogP contribution in [-0.4, -0.2) is 10.7 Å². The Balaban J connectivity index is 2.67. The SMILES string of the molecule is CC(C)(C)OCc1ccccc1CO. The Hall–Kier alpha value is -0.860. The van der Waals surface area contributed by atoms with Crippen LogP contribution >= 0.6 is 0 Å². The Labute approximate surface area is 85.5 Å². The van der Waals surface area contributed by atoms with E-state index in [1.807, 2.05) is 45.0 Å². The lowest BCUT2D eigenvalue weighted by Gasteiger charge is -2.20. The molecule has 0 fully saturated rings. The maximum atomic E-state index is 9.09. The van der Waals surface area contributed by atoms with Gasteiger partial charge in [-0.25, -0.2) is 0 Å². The largest absolute Gasteiger partial charge is 0.392 e. The molecular formula is C12H18O2. The molecule has 0 saturated heterocycles. The summed E-state index contributed by atoms with van der Waals surface area (Å²) in [5, 5.41) is 9.09. The first-order chi connectivity index (χ1) is 6.53. The van der Waals surface area contributed by atoms with Crippen molar-refractivity contribution in [2.24, 2.45) is 0 Å². The van der Waals surface area contributed by atoms with E-state index in [-0.39, 0.29) is 12.2 Å². The van der Waals surface area contributed by atoms with Crippen LogP contribution in [-0.2, 0) is 18.0 Å². The first-order valence-corrected chi connectivity index (χ1v) is 4.84. The number of rotatable bonds is 3. The van der Waals surface area contributed by atoms with Crippen molar-refractivity contribution in [3.63, 3.8) is 0 Å². The van der Waals surface area contributed by atoms with Gasteiger partial charge in [0, 0.05) is 0 Å². The molecule has 0 spiro atoms. The van der Waals surface area contributed by atoms with Crippen LogP contribution in [0, 0.1) is 0 Å². The number of aliphatic hydroxyl groups excluding tert-OH is 1. The first kappa shape index (κ1) is 11.2. The van der Waals surface area contributed by atoms with Crippen LogP contribution in [0.5, 0.6) is 0 Å². The second-order valence-electron chi connectivity index (χ2n) is 4.33. The molecule has 0 amide bonds. The summed E-state index contributed by atoms with van der Waals surface area (Å²) in [7, 11) is 0. The van der Waals surface area contributed by atoms with Gasteiger partial charge in [-0.15, -0.1) is 0 Å². The van der Waals surface area contributed by atoms with Crippen molar-refractivity contribution in [3.8, 4) is 0 Å². The van der Waals surface area contributed by atoms with Crippen molar-refractivity contribution in [2.75, 3.05) is 0 Å². The zero-order valence-electron chi connectivity index (χ0n) is 9.08. The highest BCUT2D eigenvalue weighted by Crippen LogP contribution is 2.15. The van der Waals surface area contributed by atoms with Gasteiger partial charge in [0.2, 0.25) is 0 Å². The van der Waals surface area contributed by atoms with Crippen LogP contribution in [0.1, 0.15) is 31.9 Å².